The molecule has 0 aliphatic rings. The van der Waals surface area contributed by atoms with E-state index in [1.54, 1.807) is 13.2 Å². The van der Waals surface area contributed by atoms with Crippen LogP contribution < -0.4 is 0 Å². The van der Waals surface area contributed by atoms with Gasteiger partial charge in [0.1, 0.15) is 12.3 Å². The smallest absolute Gasteiger partial charge is 0.354 e. The summed E-state index contributed by atoms with van der Waals surface area (Å²) in [4.78, 5) is 18.6. The van der Waals surface area contributed by atoms with Gasteiger partial charge in [0.25, 0.3) is 0 Å². The first-order valence-electron chi connectivity index (χ1n) is 4.80. The highest BCUT2D eigenvalue weighted by molar-refractivity contribution is 5.85. The van der Waals surface area contributed by atoms with Crippen molar-refractivity contribution < 1.29 is 14.6 Å². The van der Waals surface area contributed by atoms with Crippen LogP contribution in [0.1, 0.15) is 16.3 Å². The van der Waals surface area contributed by atoms with Crippen LogP contribution in [0, 0.1) is 0 Å². The molecule has 7 heteroatoms. The summed E-state index contributed by atoms with van der Waals surface area (Å²) in [7, 11) is 1.56. The predicted molar refractivity (Wildman–Crippen MR) is 57.3 cm³/mol. The zero-order chi connectivity index (χ0) is 12.3. The van der Waals surface area contributed by atoms with E-state index in [1.165, 1.54) is 12.3 Å². The molecule has 17 heavy (non-hydrogen) atoms. The summed E-state index contributed by atoms with van der Waals surface area (Å²) in [5, 5.41) is 15.4. The van der Waals surface area contributed by atoms with E-state index < -0.39 is 5.97 Å². The first kappa shape index (κ1) is 11.2. The van der Waals surface area contributed by atoms with Gasteiger partial charge < -0.3 is 9.84 Å². The number of nitrogens with zero attached hydrogens (tertiary/aromatic N) is 3. The van der Waals surface area contributed by atoms with Crippen LogP contribution in [0.25, 0.3) is 11.4 Å². The molecule has 88 valence electrons. The molecule has 2 aromatic heterocycles. The highest BCUT2D eigenvalue weighted by Gasteiger charge is 2.08. The van der Waals surface area contributed by atoms with Gasteiger partial charge in [-0.05, 0) is 12.1 Å². The van der Waals surface area contributed by atoms with Crippen LogP contribution in [0.4, 0.5) is 0 Å². The molecule has 0 radical (unpaired) electrons. The van der Waals surface area contributed by atoms with Gasteiger partial charge in [-0.2, -0.15) is 5.10 Å². The monoisotopic (exact) mass is 234 g/mol. The number of methoxy groups -OCH3 is 1. The second-order valence-electron chi connectivity index (χ2n) is 3.28. The number of nitrogens with one attached hydrogen (secondary N) is 1. The maximum absolute atomic E-state index is 10.6. The Hall–Kier alpha value is -2.28. The number of carbonyl (C=O) groups is 1. The molecule has 0 saturated heterocycles. The summed E-state index contributed by atoms with van der Waals surface area (Å²) in [6, 6.07) is 3.01. The molecule has 2 aromatic rings. The highest BCUT2D eigenvalue weighted by atomic mass is 16.5. The maximum Gasteiger partial charge on any atom is 0.354 e. The maximum atomic E-state index is 10.6. The summed E-state index contributed by atoms with van der Waals surface area (Å²) in [5.41, 5.74) is 0.634. The molecule has 2 heterocycles. The number of aromatic nitrogens is 4. The van der Waals surface area contributed by atoms with Crippen molar-refractivity contribution in [1.82, 2.24) is 20.2 Å². The first-order valence-corrected chi connectivity index (χ1v) is 4.80. The minimum Gasteiger partial charge on any atom is -0.477 e. The molecule has 0 fully saturated rings. The Labute approximate surface area is 96.5 Å². The number of ether oxygens (including phenoxy) is 1. The average molecular weight is 234 g/mol. The Bertz CT molecular complexity index is 521. The van der Waals surface area contributed by atoms with Crippen molar-refractivity contribution in [2.24, 2.45) is 0 Å². The van der Waals surface area contributed by atoms with E-state index in [-0.39, 0.29) is 5.69 Å². The molecule has 0 bridgehead atoms. The number of carboxylic acid groups (broad SMARTS) is 1. The lowest BCUT2D eigenvalue weighted by Crippen LogP contribution is -1.99. The lowest BCUT2D eigenvalue weighted by Gasteiger charge is -1.95. The molecule has 2 rings (SSSR count). The number of aromatic amines is 1. The van der Waals surface area contributed by atoms with Crippen LogP contribution in [0.15, 0.2) is 18.3 Å². The highest BCUT2D eigenvalue weighted by Crippen LogP contribution is 2.13. The van der Waals surface area contributed by atoms with Crippen molar-refractivity contribution >= 4 is 5.97 Å². The van der Waals surface area contributed by atoms with E-state index in [0.29, 0.717) is 23.8 Å². The Morgan fingerprint density at radius 2 is 2.35 bits per heavy atom. The molecule has 0 aromatic carbocycles. The van der Waals surface area contributed by atoms with Gasteiger partial charge in [-0.1, -0.05) is 0 Å². The fourth-order valence-electron chi connectivity index (χ4n) is 1.28. The van der Waals surface area contributed by atoms with Gasteiger partial charge in [-0.25, -0.2) is 14.8 Å². The minimum atomic E-state index is -1.06. The molecule has 0 aliphatic heterocycles. The fourth-order valence-corrected chi connectivity index (χ4v) is 1.28. The molecule has 0 unspecified atom stereocenters. The van der Waals surface area contributed by atoms with Crippen molar-refractivity contribution in [2.75, 3.05) is 7.11 Å². The zero-order valence-electron chi connectivity index (χ0n) is 9.04. The number of hydrogen-bond donors (Lipinski definition) is 2. The Morgan fingerprint density at radius 1 is 1.53 bits per heavy atom. The average Bonchev–Trinajstić information content (AvgIpc) is 2.78. The molecule has 7 nitrogen and oxygen atoms in total. The van der Waals surface area contributed by atoms with E-state index in [0.717, 1.165) is 0 Å². The number of aromatic carboxylic acids is 1. The fraction of sp³-hybridized carbons (Fsp3) is 0.200. The van der Waals surface area contributed by atoms with Crippen molar-refractivity contribution in [3.8, 4) is 11.4 Å². The predicted octanol–water partition coefficient (Wildman–Crippen LogP) is 0.711. The third-order valence-electron chi connectivity index (χ3n) is 2.05. The van der Waals surface area contributed by atoms with Crippen molar-refractivity contribution in [2.45, 2.75) is 6.61 Å². The standard InChI is InChI=1S/C10H10N4O3/c1-17-5-8-12-9(14-13-8)6-2-3-7(10(15)16)11-4-6/h2-4H,5H2,1H3,(H,15,16)(H,12,13,14). The van der Waals surface area contributed by atoms with Crippen LogP contribution in [-0.4, -0.2) is 38.4 Å². The molecular formula is C10H10N4O3. The topological polar surface area (TPSA) is 101 Å². The summed E-state index contributed by atoms with van der Waals surface area (Å²) in [6.45, 7) is 0.341. The van der Waals surface area contributed by atoms with Gasteiger partial charge in [0.05, 0.1) is 0 Å². The SMILES string of the molecule is COCc1nc(-c2ccc(C(=O)O)nc2)n[nH]1. The summed E-state index contributed by atoms with van der Waals surface area (Å²) in [5.74, 6) is -0.00194. The van der Waals surface area contributed by atoms with E-state index in [1.807, 2.05) is 0 Å². The molecule has 0 amide bonds. The summed E-state index contributed by atoms with van der Waals surface area (Å²) in [6.07, 6.45) is 1.42. The Morgan fingerprint density at radius 3 is 2.94 bits per heavy atom. The van der Waals surface area contributed by atoms with Gasteiger partial charge >= 0.3 is 5.97 Å². The molecular weight excluding hydrogens is 224 g/mol. The third-order valence-corrected chi connectivity index (χ3v) is 2.05. The van der Waals surface area contributed by atoms with Crippen LogP contribution in [0.2, 0.25) is 0 Å². The van der Waals surface area contributed by atoms with Gasteiger partial charge in [-0.3, -0.25) is 5.10 Å². The number of H-pyrrole nitrogens is 1. The number of rotatable bonds is 4. The van der Waals surface area contributed by atoms with Crippen molar-refractivity contribution in [1.29, 1.82) is 0 Å². The van der Waals surface area contributed by atoms with E-state index >= 15 is 0 Å². The van der Waals surface area contributed by atoms with Crippen LogP contribution in [0.5, 0.6) is 0 Å². The minimum absolute atomic E-state index is 0.0126. The van der Waals surface area contributed by atoms with Gasteiger partial charge in [0.15, 0.2) is 11.6 Å². The number of pyridine rings is 1. The molecule has 0 aliphatic carbocycles. The second kappa shape index (κ2) is 4.71. The first-order chi connectivity index (χ1) is 8.20. The van der Waals surface area contributed by atoms with Gasteiger partial charge in [-0.15, -0.1) is 0 Å². The summed E-state index contributed by atoms with van der Waals surface area (Å²) < 4.78 is 4.90. The number of carboxylic acids is 1. The van der Waals surface area contributed by atoms with E-state index in [9.17, 15) is 4.79 Å². The lowest BCUT2D eigenvalue weighted by molar-refractivity contribution is 0.0690. The summed E-state index contributed by atoms with van der Waals surface area (Å²) >= 11 is 0. The molecule has 2 N–H and O–H groups in total. The van der Waals surface area contributed by atoms with E-state index in [2.05, 4.69) is 20.2 Å². The Kier molecular flexibility index (Phi) is 3.10. The van der Waals surface area contributed by atoms with Crippen LogP contribution in [-0.2, 0) is 11.3 Å². The second-order valence-corrected chi connectivity index (χ2v) is 3.28. The number of hydrogen-bond acceptors (Lipinski definition) is 5. The normalized spacial score (nSPS) is 10.4. The lowest BCUT2D eigenvalue weighted by atomic mass is 10.2. The van der Waals surface area contributed by atoms with Crippen molar-refractivity contribution in [3.63, 3.8) is 0 Å². The van der Waals surface area contributed by atoms with Crippen LogP contribution >= 0.6 is 0 Å². The molecule has 0 spiro atoms. The van der Waals surface area contributed by atoms with Gasteiger partial charge in [0.2, 0.25) is 0 Å². The van der Waals surface area contributed by atoms with Crippen LogP contribution in [0.3, 0.4) is 0 Å². The van der Waals surface area contributed by atoms with Gasteiger partial charge in [0, 0.05) is 18.9 Å². The zero-order valence-corrected chi connectivity index (χ0v) is 9.04. The van der Waals surface area contributed by atoms with E-state index in [4.69, 9.17) is 9.84 Å². The third kappa shape index (κ3) is 2.45. The quantitative estimate of drug-likeness (QED) is 0.807. The largest absolute Gasteiger partial charge is 0.477 e. The Balaban J connectivity index is 2.23. The van der Waals surface area contributed by atoms with Crippen molar-refractivity contribution in [3.05, 3.63) is 29.8 Å². The molecule has 0 saturated carbocycles. The molecule has 0 atom stereocenters.